The fraction of sp³-hybridized carbons (Fsp3) is 0.706. The Balaban J connectivity index is 1.69. The third-order valence-electron chi connectivity index (χ3n) is 4.73. The molecule has 0 radical (unpaired) electrons. The van der Waals surface area contributed by atoms with Gasteiger partial charge in [0.15, 0.2) is 5.16 Å². The van der Waals surface area contributed by atoms with Crippen molar-refractivity contribution < 1.29 is 4.79 Å². The van der Waals surface area contributed by atoms with Gasteiger partial charge in [0.2, 0.25) is 5.91 Å². The molecule has 0 saturated heterocycles. The van der Waals surface area contributed by atoms with Crippen LogP contribution in [0.25, 0.3) is 0 Å². The highest BCUT2D eigenvalue weighted by Gasteiger charge is 2.40. The maximum absolute atomic E-state index is 12.4. The zero-order valence-corrected chi connectivity index (χ0v) is 14.8. The molecule has 0 spiro atoms. The summed E-state index contributed by atoms with van der Waals surface area (Å²) in [5, 5.41) is 12.9. The van der Waals surface area contributed by atoms with Gasteiger partial charge in [0.25, 0.3) is 0 Å². The molecule has 0 aromatic carbocycles. The molecule has 1 N–H and O–H groups in total. The van der Waals surface area contributed by atoms with Crippen LogP contribution in [0.1, 0.15) is 70.5 Å². The molecule has 1 aromatic rings. The smallest absolute Gasteiger partial charge is 0.234 e. The van der Waals surface area contributed by atoms with Crippen molar-refractivity contribution in [2.45, 2.75) is 80.8 Å². The molecule has 3 rings (SSSR count). The van der Waals surface area contributed by atoms with Crippen LogP contribution in [0.5, 0.6) is 0 Å². The van der Waals surface area contributed by atoms with E-state index < -0.39 is 5.54 Å². The van der Waals surface area contributed by atoms with E-state index in [0.29, 0.717) is 12.0 Å². The van der Waals surface area contributed by atoms with Crippen molar-refractivity contribution in [1.29, 1.82) is 5.26 Å². The van der Waals surface area contributed by atoms with Crippen LogP contribution < -0.4 is 5.32 Å². The summed E-state index contributed by atoms with van der Waals surface area (Å²) >= 11 is 1.50. The highest BCUT2D eigenvalue weighted by Crippen LogP contribution is 2.41. The van der Waals surface area contributed by atoms with Gasteiger partial charge in [-0.3, -0.25) is 4.79 Å². The fourth-order valence-corrected chi connectivity index (χ4v) is 3.88. The van der Waals surface area contributed by atoms with Crippen molar-refractivity contribution in [3.8, 4) is 6.07 Å². The summed E-state index contributed by atoms with van der Waals surface area (Å²) in [4.78, 5) is 17.0. The molecule has 124 valence electrons. The van der Waals surface area contributed by atoms with Crippen molar-refractivity contribution in [3.05, 3.63) is 11.9 Å². The summed E-state index contributed by atoms with van der Waals surface area (Å²) < 4.78 is 2.31. The van der Waals surface area contributed by atoms with E-state index in [4.69, 9.17) is 0 Å². The van der Waals surface area contributed by atoms with Gasteiger partial charge in [0, 0.05) is 17.9 Å². The Morgan fingerprint density at radius 1 is 1.48 bits per heavy atom. The lowest BCUT2D eigenvalue weighted by atomic mass is 9.78. The van der Waals surface area contributed by atoms with Gasteiger partial charge in [-0.2, -0.15) is 5.26 Å². The molecule has 5 nitrogen and oxygen atoms in total. The molecular weight excluding hydrogens is 308 g/mol. The molecule has 23 heavy (non-hydrogen) atoms. The molecule has 2 aliphatic carbocycles. The second-order valence-corrected chi connectivity index (χ2v) is 8.33. The van der Waals surface area contributed by atoms with Gasteiger partial charge in [-0.25, -0.2) is 4.98 Å². The van der Waals surface area contributed by atoms with Gasteiger partial charge in [-0.1, -0.05) is 25.6 Å². The van der Waals surface area contributed by atoms with E-state index in [1.807, 2.05) is 13.1 Å². The Labute approximate surface area is 141 Å². The average Bonchev–Trinajstić information content (AvgIpc) is 3.23. The second kappa shape index (κ2) is 6.20. The molecule has 6 heteroatoms. The molecule has 1 aromatic heterocycles. The van der Waals surface area contributed by atoms with Gasteiger partial charge in [0.1, 0.15) is 5.54 Å². The molecule has 2 aliphatic rings. The summed E-state index contributed by atoms with van der Waals surface area (Å²) in [5.74, 6) is 0.367. The first-order chi connectivity index (χ1) is 11.0. The van der Waals surface area contributed by atoms with E-state index in [1.165, 1.54) is 30.3 Å². The Bertz CT molecular complexity index is 638. The molecule has 0 bridgehead atoms. The minimum Gasteiger partial charge on any atom is -0.337 e. The SMILES string of the molecule is CC(C)c1cnc(S[C@@H](C)C(=O)NC2(C#N)CCC2)n1C1CC1. The number of hydrogen-bond acceptors (Lipinski definition) is 4. The van der Waals surface area contributed by atoms with Gasteiger partial charge >= 0.3 is 0 Å². The number of imidazole rings is 1. The zero-order valence-electron chi connectivity index (χ0n) is 14.0. The predicted octanol–water partition coefficient (Wildman–Crippen LogP) is 3.38. The number of thioether (sulfide) groups is 1. The standard InChI is InChI=1S/C17H24N4OS/c1-11(2)14-9-19-16(21(14)13-5-6-13)23-12(3)15(22)20-17(10-18)7-4-8-17/h9,11-13H,4-8H2,1-3H3,(H,20,22)/t12-/m0/s1. The van der Waals surface area contributed by atoms with E-state index >= 15 is 0 Å². The third kappa shape index (κ3) is 3.25. The molecule has 1 heterocycles. The number of aromatic nitrogens is 2. The highest BCUT2D eigenvalue weighted by atomic mass is 32.2. The molecule has 2 saturated carbocycles. The number of nitrogens with one attached hydrogen (secondary N) is 1. The fourth-order valence-electron chi connectivity index (χ4n) is 2.91. The van der Waals surface area contributed by atoms with Crippen molar-refractivity contribution in [3.63, 3.8) is 0 Å². The van der Waals surface area contributed by atoms with Crippen molar-refractivity contribution >= 4 is 17.7 Å². The van der Waals surface area contributed by atoms with Crippen LogP contribution in [0.3, 0.4) is 0 Å². The second-order valence-electron chi connectivity index (χ2n) is 7.02. The van der Waals surface area contributed by atoms with Crippen LogP contribution in [0.4, 0.5) is 0 Å². The van der Waals surface area contributed by atoms with Gasteiger partial charge in [-0.15, -0.1) is 0 Å². The normalized spacial score (nSPS) is 20.7. The largest absolute Gasteiger partial charge is 0.337 e. The number of amides is 1. The minimum absolute atomic E-state index is 0.0623. The highest BCUT2D eigenvalue weighted by molar-refractivity contribution is 8.00. The molecule has 0 unspecified atom stereocenters. The summed E-state index contributed by atoms with van der Waals surface area (Å²) in [6.07, 6.45) is 6.88. The zero-order chi connectivity index (χ0) is 16.6. The summed E-state index contributed by atoms with van der Waals surface area (Å²) in [7, 11) is 0. The number of hydrogen-bond donors (Lipinski definition) is 1. The maximum atomic E-state index is 12.4. The number of rotatable bonds is 6. The number of nitrogens with zero attached hydrogens (tertiary/aromatic N) is 3. The number of nitriles is 1. The molecule has 1 atom stereocenters. The van der Waals surface area contributed by atoms with Gasteiger partial charge in [0.05, 0.1) is 11.3 Å². The average molecular weight is 332 g/mol. The predicted molar refractivity (Wildman–Crippen MR) is 90.2 cm³/mol. The molecule has 2 fully saturated rings. The summed E-state index contributed by atoms with van der Waals surface area (Å²) in [6.45, 7) is 6.24. The van der Waals surface area contributed by atoms with Crippen molar-refractivity contribution in [2.24, 2.45) is 0 Å². The monoisotopic (exact) mass is 332 g/mol. The Hall–Kier alpha value is -1.48. The van der Waals surface area contributed by atoms with Gasteiger partial charge in [-0.05, 0) is 44.9 Å². The van der Waals surface area contributed by atoms with Crippen molar-refractivity contribution in [1.82, 2.24) is 14.9 Å². The first-order valence-corrected chi connectivity index (χ1v) is 9.31. The lowest BCUT2D eigenvalue weighted by molar-refractivity contribution is -0.122. The quantitative estimate of drug-likeness (QED) is 0.811. The van der Waals surface area contributed by atoms with Crippen LogP contribution in [0.2, 0.25) is 0 Å². The third-order valence-corrected chi connectivity index (χ3v) is 5.81. The van der Waals surface area contributed by atoms with Crippen LogP contribution in [-0.2, 0) is 4.79 Å². The lowest BCUT2D eigenvalue weighted by Gasteiger charge is -2.36. The Morgan fingerprint density at radius 3 is 2.65 bits per heavy atom. The van der Waals surface area contributed by atoms with Crippen LogP contribution in [-0.4, -0.2) is 26.2 Å². The van der Waals surface area contributed by atoms with E-state index in [1.54, 1.807) is 0 Å². The first kappa shape index (κ1) is 16.4. The topological polar surface area (TPSA) is 70.7 Å². The lowest BCUT2D eigenvalue weighted by Crippen LogP contribution is -2.54. The maximum Gasteiger partial charge on any atom is 0.234 e. The minimum atomic E-state index is -0.624. The van der Waals surface area contributed by atoms with E-state index in [9.17, 15) is 10.1 Å². The first-order valence-electron chi connectivity index (χ1n) is 8.43. The Kier molecular flexibility index (Phi) is 4.41. The Morgan fingerprint density at radius 2 is 2.17 bits per heavy atom. The summed E-state index contributed by atoms with van der Waals surface area (Å²) in [5.41, 5.74) is 0.621. The van der Waals surface area contributed by atoms with E-state index in [0.717, 1.165) is 24.4 Å². The van der Waals surface area contributed by atoms with E-state index in [2.05, 4.69) is 34.8 Å². The van der Waals surface area contributed by atoms with Crippen LogP contribution >= 0.6 is 11.8 Å². The van der Waals surface area contributed by atoms with Crippen molar-refractivity contribution in [2.75, 3.05) is 0 Å². The molecule has 0 aliphatic heterocycles. The van der Waals surface area contributed by atoms with E-state index in [-0.39, 0.29) is 11.2 Å². The van der Waals surface area contributed by atoms with Crippen LogP contribution in [0.15, 0.2) is 11.4 Å². The molecular formula is C17H24N4OS. The number of carbonyl (C=O) groups is 1. The summed E-state index contributed by atoms with van der Waals surface area (Å²) in [6, 6.07) is 2.81. The van der Waals surface area contributed by atoms with Gasteiger partial charge < -0.3 is 9.88 Å². The molecule has 1 amide bonds. The number of carbonyl (C=O) groups excluding carboxylic acids is 1. The van der Waals surface area contributed by atoms with Crippen LogP contribution in [0, 0.1) is 11.3 Å².